The summed E-state index contributed by atoms with van der Waals surface area (Å²) in [6, 6.07) is 131. The van der Waals surface area contributed by atoms with Gasteiger partial charge in [-0.25, -0.2) is 0 Å². The van der Waals surface area contributed by atoms with E-state index in [1.807, 2.05) is 0 Å². The van der Waals surface area contributed by atoms with Crippen molar-refractivity contribution in [1.82, 2.24) is 9.13 Å². The zero-order valence-corrected chi connectivity index (χ0v) is 52.2. The van der Waals surface area contributed by atoms with E-state index in [4.69, 9.17) is 0 Å². The van der Waals surface area contributed by atoms with Gasteiger partial charge < -0.3 is 9.13 Å². The maximum Gasteiger partial charge on any atom is 0.0720 e. The molecule has 2 nitrogen and oxygen atoms in total. The first-order valence-electron chi connectivity index (χ1n) is 33.9. The van der Waals surface area contributed by atoms with E-state index >= 15 is 0 Å². The van der Waals surface area contributed by atoms with Crippen molar-refractivity contribution in [3.05, 3.63) is 429 Å². The molecule has 15 aromatic carbocycles. The molecule has 17 aromatic rings. The molecule has 0 radical (unpaired) electrons. The van der Waals surface area contributed by atoms with Crippen LogP contribution in [0.4, 0.5) is 0 Å². The lowest BCUT2D eigenvalue weighted by molar-refractivity contribution is 0.632. The molecule has 6 aliphatic rings. The van der Waals surface area contributed by atoms with E-state index in [-0.39, 0.29) is 0 Å². The van der Waals surface area contributed by atoms with Gasteiger partial charge in [0, 0.05) is 32.9 Å². The molecule has 23 rings (SSSR count). The summed E-state index contributed by atoms with van der Waals surface area (Å²) in [4.78, 5) is 0. The molecule has 0 N–H and O–H groups in total. The highest BCUT2D eigenvalue weighted by Crippen LogP contribution is 2.70. The highest BCUT2D eigenvalue weighted by atomic mass is 15.0. The highest BCUT2D eigenvalue weighted by molar-refractivity contribution is 6.19. The van der Waals surface area contributed by atoms with E-state index in [0.717, 1.165) is 11.4 Å². The average Bonchev–Trinajstić information content (AvgIpc) is 1.44. The Balaban J connectivity index is 0.809. The minimum atomic E-state index is -0.630. The van der Waals surface area contributed by atoms with Crippen LogP contribution in [0.2, 0.25) is 0 Å². The van der Waals surface area contributed by atoms with Crippen LogP contribution in [-0.4, -0.2) is 9.13 Å². The molecule has 4 spiro atoms. The minimum absolute atomic E-state index is 0.582. The molecule has 0 fully saturated rings. The van der Waals surface area contributed by atoms with Gasteiger partial charge in [-0.1, -0.05) is 291 Å². The summed E-state index contributed by atoms with van der Waals surface area (Å²) in [5.41, 5.74) is 36.2. The smallest absolute Gasteiger partial charge is 0.0720 e. The molecular weight excluding hydrogens is 1160 g/mol. The predicted molar refractivity (Wildman–Crippen MR) is 391 cm³/mol. The second-order valence-electron chi connectivity index (χ2n) is 27.5. The van der Waals surface area contributed by atoms with Gasteiger partial charge in [0.15, 0.2) is 0 Å². The molecule has 6 aliphatic carbocycles. The molecule has 0 saturated heterocycles. The maximum atomic E-state index is 2.61. The molecule has 2 heteroatoms. The molecule has 0 unspecified atom stereocenters. The molecule has 0 bridgehead atoms. The lowest BCUT2D eigenvalue weighted by Crippen LogP contribution is -2.43. The Morgan fingerprint density at radius 1 is 0.146 bits per heavy atom. The fourth-order valence-electron chi connectivity index (χ4n) is 20.7. The van der Waals surface area contributed by atoms with Crippen molar-refractivity contribution in [3.63, 3.8) is 0 Å². The highest BCUT2D eigenvalue weighted by Gasteiger charge is 2.61. The molecule has 96 heavy (non-hydrogen) atoms. The van der Waals surface area contributed by atoms with E-state index in [0.29, 0.717) is 0 Å². The van der Waals surface area contributed by atoms with Crippen molar-refractivity contribution in [3.8, 4) is 55.9 Å². The van der Waals surface area contributed by atoms with Gasteiger partial charge in [-0.2, -0.15) is 0 Å². The molecule has 0 amide bonds. The summed E-state index contributed by atoms with van der Waals surface area (Å²) in [7, 11) is 0. The summed E-state index contributed by atoms with van der Waals surface area (Å²) in [6.45, 7) is 0. The van der Waals surface area contributed by atoms with Crippen molar-refractivity contribution < 1.29 is 0 Å². The molecule has 0 aliphatic heterocycles. The number of para-hydroxylation sites is 2. The first-order chi connectivity index (χ1) is 47.6. The molecule has 2 aromatic heterocycles. The Labute approximate surface area is 555 Å². The van der Waals surface area contributed by atoms with Crippen LogP contribution in [0, 0.1) is 0 Å². The van der Waals surface area contributed by atoms with Crippen LogP contribution in [0.5, 0.6) is 0 Å². The first kappa shape index (κ1) is 51.4. The Bertz CT molecular complexity index is 5810. The average molecular weight is 1210 g/mol. The molecule has 442 valence electrons. The van der Waals surface area contributed by atoms with Gasteiger partial charge in [0.1, 0.15) is 0 Å². The second-order valence-corrected chi connectivity index (χ2v) is 27.5. The number of aromatic nitrogens is 2. The van der Waals surface area contributed by atoms with E-state index in [1.54, 1.807) is 0 Å². The number of nitrogens with zero attached hydrogens (tertiary/aromatic N) is 2. The lowest BCUT2D eigenvalue weighted by atomic mass is 9.52. The van der Waals surface area contributed by atoms with Gasteiger partial charge in [0.25, 0.3) is 0 Å². The Morgan fingerprint density at radius 3 is 0.625 bits per heavy atom. The largest absolute Gasteiger partial charge is 0.309 e. The Morgan fingerprint density at radius 2 is 0.354 bits per heavy atom. The molecule has 2 heterocycles. The summed E-state index contributed by atoms with van der Waals surface area (Å²) < 4.78 is 5.18. The SMILES string of the molecule is c1ccc2c(c1)-c1ccccc1C21c2ccccc2C2(c3ccccc3-c3ccccc32)c2cc(-n3c4ccccc4c4cc5c(cc43)c3ccccc3n5-c3ccc4c(c3)C3(c5ccccc5-c5ccccc53)c3ccccc3C43c4ccccc4-c4ccccc43)ccc21. The monoisotopic (exact) mass is 1210 g/mol. The van der Waals surface area contributed by atoms with Gasteiger partial charge in [0.2, 0.25) is 0 Å². The quantitative estimate of drug-likeness (QED) is 0.163. The van der Waals surface area contributed by atoms with Crippen molar-refractivity contribution in [2.75, 3.05) is 0 Å². The molecule has 0 atom stereocenters. The van der Waals surface area contributed by atoms with Crippen LogP contribution in [0.3, 0.4) is 0 Å². The summed E-state index contributed by atoms with van der Waals surface area (Å²) in [6.07, 6.45) is 0. The zero-order chi connectivity index (χ0) is 62.4. The number of benzene rings is 15. The Hall–Kier alpha value is -12.1. The fourth-order valence-corrected chi connectivity index (χ4v) is 20.7. The van der Waals surface area contributed by atoms with Crippen molar-refractivity contribution >= 4 is 43.6 Å². The first-order valence-corrected chi connectivity index (χ1v) is 33.9. The number of hydrogen-bond donors (Lipinski definition) is 0. The molecular formula is C94H56N2. The maximum absolute atomic E-state index is 2.61. The van der Waals surface area contributed by atoms with Crippen molar-refractivity contribution in [2.24, 2.45) is 0 Å². The summed E-state index contributed by atoms with van der Waals surface area (Å²) in [5, 5.41) is 4.87. The van der Waals surface area contributed by atoms with E-state index < -0.39 is 21.7 Å². The minimum Gasteiger partial charge on any atom is -0.309 e. The normalized spacial score (nSPS) is 15.4. The van der Waals surface area contributed by atoms with Gasteiger partial charge in [0.05, 0.1) is 43.7 Å². The van der Waals surface area contributed by atoms with Crippen molar-refractivity contribution in [1.29, 1.82) is 0 Å². The van der Waals surface area contributed by atoms with E-state index in [2.05, 4.69) is 349 Å². The lowest BCUT2D eigenvalue weighted by Gasteiger charge is -2.49. The van der Waals surface area contributed by atoms with Gasteiger partial charge in [-0.05, 0) is 182 Å². The molecule has 0 saturated carbocycles. The van der Waals surface area contributed by atoms with Gasteiger partial charge in [-0.15, -0.1) is 0 Å². The van der Waals surface area contributed by atoms with Crippen LogP contribution >= 0.6 is 0 Å². The third-order valence-electron chi connectivity index (χ3n) is 23.9. The van der Waals surface area contributed by atoms with E-state index in [9.17, 15) is 0 Å². The third-order valence-corrected chi connectivity index (χ3v) is 23.9. The second kappa shape index (κ2) is 18.0. The van der Waals surface area contributed by atoms with Crippen LogP contribution in [0.15, 0.2) is 340 Å². The van der Waals surface area contributed by atoms with Crippen LogP contribution in [0.1, 0.15) is 89.0 Å². The topological polar surface area (TPSA) is 9.86 Å². The number of hydrogen-bond acceptors (Lipinski definition) is 0. The third kappa shape index (κ3) is 5.73. The van der Waals surface area contributed by atoms with Crippen molar-refractivity contribution in [2.45, 2.75) is 21.7 Å². The van der Waals surface area contributed by atoms with E-state index in [1.165, 1.54) is 177 Å². The van der Waals surface area contributed by atoms with Crippen LogP contribution in [-0.2, 0) is 21.7 Å². The van der Waals surface area contributed by atoms with Crippen LogP contribution < -0.4 is 0 Å². The zero-order valence-electron chi connectivity index (χ0n) is 52.2. The van der Waals surface area contributed by atoms with Gasteiger partial charge in [-0.3, -0.25) is 0 Å². The fraction of sp³-hybridized carbons (Fsp3) is 0.0426. The van der Waals surface area contributed by atoms with Crippen LogP contribution in [0.25, 0.3) is 99.5 Å². The number of fused-ring (bicyclic) bond motifs is 38. The summed E-state index contributed by atoms with van der Waals surface area (Å²) in [5.74, 6) is 0. The predicted octanol–water partition coefficient (Wildman–Crippen LogP) is 22.0. The standard InChI is InChI=1S/C94H56N2/c1-11-35-71-59(25-1)60-26-2-12-36-72(60)91(71)79-43-19-21-45-81(79)93(75-39-15-5-29-63(75)64-30-6-16-40-76(64)93)85-53-57(49-51-83(85)91)95-87-47-23-9-33-67(87)69-56-90-70(55-89(69)95)68-34-10-24-48-88(68)96(90)58-50-52-84-86(54-58)94(77-41-17-7-31-65(77)66-32-8-18-42-78(66)94)82-46-22-20-44-80(82)92(84)73-37-13-3-27-61(73)62-28-4-14-38-74(62)92/h1-56H. The summed E-state index contributed by atoms with van der Waals surface area (Å²) >= 11 is 0. The number of rotatable bonds is 2. The van der Waals surface area contributed by atoms with Gasteiger partial charge >= 0.3 is 0 Å². The Kier molecular flexibility index (Phi) is 9.62.